The molecule has 0 atom stereocenters. The number of rotatable bonds is 6. The Kier molecular flexibility index (Phi) is 5.96. The van der Waals surface area contributed by atoms with E-state index in [0.29, 0.717) is 18.7 Å². The third-order valence-corrected chi connectivity index (χ3v) is 6.72. The maximum atomic E-state index is 12.5. The second kappa shape index (κ2) is 8.24. The highest BCUT2D eigenvalue weighted by Crippen LogP contribution is 2.21. The lowest BCUT2D eigenvalue weighted by Crippen LogP contribution is -2.27. The van der Waals surface area contributed by atoms with E-state index in [9.17, 15) is 18.0 Å². The van der Waals surface area contributed by atoms with Crippen molar-refractivity contribution < 1.29 is 22.7 Å². The van der Waals surface area contributed by atoms with E-state index < -0.39 is 16.0 Å². The summed E-state index contributed by atoms with van der Waals surface area (Å²) >= 11 is 0. The molecule has 0 spiro atoms. The van der Waals surface area contributed by atoms with E-state index in [1.165, 1.54) is 28.6 Å². The van der Waals surface area contributed by atoms with Gasteiger partial charge in [0.15, 0.2) is 6.61 Å². The van der Waals surface area contributed by atoms with Crippen molar-refractivity contribution in [2.45, 2.75) is 31.6 Å². The molecule has 0 N–H and O–H groups in total. The molecule has 0 aromatic heterocycles. The van der Waals surface area contributed by atoms with E-state index in [4.69, 9.17) is 4.74 Å². The summed E-state index contributed by atoms with van der Waals surface area (Å²) in [6.07, 6.45) is 1.72. The molecule has 2 aromatic rings. The Morgan fingerprint density at radius 1 is 1.00 bits per heavy atom. The lowest BCUT2D eigenvalue weighted by molar-refractivity contribution is 0.0474. The molecule has 0 bridgehead atoms. The molecule has 148 valence electrons. The Morgan fingerprint density at radius 2 is 1.64 bits per heavy atom. The van der Waals surface area contributed by atoms with Crippen molar-refractivity contribution >= 4 is 21.8 Å². The minimum atomic E-state index is -3.52. The van der Waals surface area contributed by atoms with Gasteiger partial charge in [-0.3, -0.25) is 4.79 Å². The van der Waals surface area contributed by atoms with E-state index >= 15 is 0 Å². The van der Waals surface area contributed by atoms with Gasteiger partial charge < -0.3 is 4.74 Å². The Balaban J connectivity index is 1.64. The van der Waals surface area contributed by atoms with Crippen LogP contribution in [0.3, 0.4) is 0 Å². The number of aryl methyl sites for hydroxylation is 2. The fourth-order valence-corrected chi connectivity index (χ4v) is 4.78. The van der Waals surface area contributed by atoms with Gasteiger partial charge in [0.1, 0.15) is 0 Å². The van der Waals surface area contributed by atoms with E-state index in [1.54, 1.807) is 6.07 Å². The van der Waals surface area contributed by atoms with Crippen LogP contribution in [0.15, 0.2) is 47.4 Å². The molecule has 28 heavy (non-hydrogen) atoms. The topological polar surface area (TPSA) is 80.8 Å². The van der Waals surface area contributed by atoms with Gasteiger partial charge in [-0.2, -0.15) is 4.31 Å². The first-order valence-electron chi connectivity index (χ1n) is 9.17. The van der Waals surface area contributed by atoms with Gasteiger partial charge in [-0.05, 0) is 56.5 Å². The number of carbonyl (C=O) groups excluding carboxylic acids is 2. The maximum Gasteiger partial charge on any atom is 0.338 e. The van der Waals surface area contributed by atoms with Crippen LogP contribution in [-0.2, 0) is 14.8 Å². The van der Waals surface area contributed by atoms with Crippen LogP contribution in [0.1, 0.15) is 44.7 Å². The van der Waals surface area contributed by atoms with Crippen molar-refractivity contribution in [2.75, 3.05) is 19.7 Å². The van der Waals surface area contributed by atoms with Crippen molar-refractivity contribution in [3.8, 4) is 0 Å². The number of nitrogens with zero attached hydrogens (tertiary/aromatic N) is 1. The molecule has 0 unspecified atom stereocenters. The van der Waals surface area contributed by atoms with Crippen molar-refractivity contribution in [3.05, 3.63) is 64.7 Å². The lowest BCUT2D eigenvalue weighted by Gasteiger charge is -2.15. The molecule has 7 heteroatoms. The third-order valence-electron chi connectivity index (χ3n) is 4.81. The van der Waals surface area contributed by atoms with Gasteiger partial charge in [-0.25, -0.2) is 13.2 Å². The van der Waals surface area contributed by atoms with Crippen LogP contribution in [-0.4, -0.2) is 44.2 Å². The number of benzene rings is 2. The number of ketones is 1. The van der Waals surface area contributed by atoms with Crippen LogP contribution in [0.4, 0.5) is 0 Å². The summed E-state index contributed by atoms with van der Waals surface area (Å²) in [5.41, 5.74) is 2.60. The number of carbonyl (C=O) groups is 2. The van der Waals surface area contributed by atoms with E-state index in [0.717, 1.165) is 24.0 Å². The predicted molar refractivity (Wildman–Crippen MR) is 105 cm³/mol. The Morgan fingerprint density at radius 3 is 2.25 bits per heavy atom. The molecule has 0 aliphatic carbocycles. The predicted octanol–water partition coefficient (Wildman–Crippen LogP) is 3.13. The fourth-order valence-electron chi connectivity index (χ4n) is 3.26. The van der Waals surface area contributed by atoms with Gasteiger partial charge in [0.2, 0.25) is 15.8 Å². The Bertz CT molecular complexity index is 990. The van der Waals surface area contributed by atoms with Gasteiger partial charge in [-0.15, -0.1) is 0 Å². The SMILES string of the molecule is Cc1ccc(C(=O)COC(=O)c2ccc(S(=O)(=O)N3CCCC3)cc2)c(C)c1. The molecule has 1 heterocycles. The zero-order valence-corrected chi connectivity index (χ0v) is 16.8. The quantitative estimate of drug-likeness (QED) is 0.549. The average molecular weight is 401 g/mol. The number of ether oxygens (including phenoxy) is 1. The zero-order valence-electron chi connectivity index (χ0n) is 16.0. The van der Waals surface area contributed by atoms with Crippen LogP contribution >= 0.6 is 0 Å². The Hall–Kier alpha value is -2.51. The van der Waals surface area contributed by atoms with Gasteiger partial charge in [-0.1, -0.05) is 23.8 Å². The van der Waals surface area contributed by atoms with Gasteiger partial charge in [0.25, 0.3) is 0 Å². The number of hydrogen-bond donors (Lipinski definition) is 0. The molecule has 3 rings (SSSR count). The number of sulfonamides is 1. The normalized spacial score (nSPS) is 14.8. The van der Waals surface area contributed by atoms with Crippen LogP contribution in [0, 0.1) is 13.8 Å². The standard InChI is InChI=1S/C21H23NO5S/c1-15-5-10-19(16(2)13-15)20(23)14-27-21(24)17-6-8-18(9-7-17)28(25,26)22-11-3-4-12-22/h5-10,13H,3-4,11-12,14H2,1-2H3. The monoisotopic (exact) mass is 401 g/mol. The van der Waals surface area contributed by atoms with Gasteiger partial charge >= 0.3 is 5.97 Å². The summed E-state index contributed by atoms with van der Waals surface area (Å²) in [7, 11) is -3.52. The maximum absolute atomic E-state index is 12.5. The first-order chi connectivity index (χ1) is 13.3. The smallest absolute Gasteiger partial charge is 0.338 e. The zero-order chi connectivity index (χ0) is 20.3. The van der Waals surface area contributed by atoms with Crippen LogP contribution in [0.25, 0.3) is 0 Å². The van der Waals surface area contributed by atoms with E-state index in [1.807, 2.05) is 26.0 Å². The number of esters is 1. The first-order valence-corrected chi connectivity index (χ1v) is 10.6. The Labute approximate surface area is 165 Å². The largest absolute Gasteiger partial charge is 0.454 e. The fraction of sp³-hybridized carbons (Fsp3) is 0.333. The summed E-state index contributed by atoms with van der Waals surface area (Å²) in [6.45, 7) is 4.45. The van der Waals surface area contributed by atoms with Crippen molar-refractivity contribution in [1.29, 1.82) is 0 Å². The van der Waals surface area contributed by atoms with Gasteiger partial charge in [0.05, 0.1) is 10.5 Å². The molecule has 1 saturated heterocycles. The van der Waals surface area contributed by atoms with Crippen LogP contribution < -0.4 is 0 Å². The van der Waals surface area contributed by atoms with Crippen molar-refractivity contribution in [1.82, 2.24) is 4.31 Å². The lowest BCUT2D eigenvalue weighted by atomic mass is 10.0. The molecule has 2 aromatic carbocycles. The van der Waals surface area contributed by atoms with Crippen LogP contribution in [0.2, 0.25) is 0 Å². The van der Waals surface area contributed by atoms with E-state index in [2.05, 4.69) is 0 Å². The third kappa shape index (κ3) is 4.31. The average Bonchev–Trinajstić information content (AvgIpc) is 3.21. The molecular formula is C21H23NO5S. The highest BCUT2D eigenvalue weighted by atomic mass is 32.2. The molecule has 0 radical (unpaired) electrons. The summed E-state index contributed by atoms with van der Waals surface area (Å²) in [4.78, 5) is 24.6. The molecule has 0 saturated carbocycles. The highest BCUT2D eigenvalue weighted by Gasteiger charge is 2.27. The highest BCUT2D eigenvalue weighted by molar-refractivity contribution is 7.89. The minimum absolute atomic E-state index is 0.150. The molecule has 1 aliphatic rings. The molecule has 1 fully saturated rings. The summed E-state index contributed by atoms with van der Waals surface area (Å²) in [6, 6.07) is 11.1. The molecule has 0 amide bonds. The molecular weight excluding hydrogens is 378 g/mol. The molecule has 6 nitrogen and oxygen atoms in total. The van der Waals surface area contributed by atoms with Crippen LogP contribution in [0.5, 0.6) is 0 Å². The molecule has 1 aliphatic heterocycles. The minimum Gasteiger partial charge on any atom is -0.454 e. The first kappa shape index (κ1) is 20.2. The van der Waals surface area contributed by atoms with Crippen molar-refractivity contribution in [3.63, 3.8) is 0 Å². The van der Waals surface area contributed by atoms with Crippen molar-refractivity contribution in [2.24, 2.45) is 0 Å². The number of hydrogen-bond acceptors (Lipinski definition) is 5. The summed E-state index contributed by atoms with van der Waals surface area (Å²) in [5, 5.41) is 0. The summed E-state index contributed by atoms with van der Waals surface area (Å²) < 4.78 is 31.6. The second-order valence-electron chi connectivity index (χ2n) is 6.95. The van der Waals surface area contributed by atoms with E-state index in [-0.39, 0.29) is 22.8 Å². The van der Waals surface area contributed by atoms with Gasteiger partial charge in [0, 0.05) is 18.7 Å². The summed E-state index contributed by atoms with van der Waals surface area (Å²) in [5.74, 6) is -0.942. The second-order valence-corrected chi connectivity index (χ2v) is 8.89. The number of Topliss-reactive ketones (excluding diaryl/α,β-unsaturated/α-hetero) is 1.